The van der Waals surface area contributed by atoms with Crippen LogP contribution in [-0.2, 0) is 30.9 Å². The number of amides is 1. The lowest BCUT2D eigenvalue weighted by molar-refractivity contribution is -0.143. The van der Waals surface area contributed by atoms with E-state index in [4.69, 9.17) is 16.3 Å². The van der Waals surface area contributed by atoms with E-state index in [9.17, 15) is 18.0 Å². The molecule has 8 nitrogen and oxygen atoms in total. The summed E-state index contributed by atoms with van der Waals surface area (Å²) in [5.41, 5.74) is 2.80. The number of aromatic nitrogens is 1. The minimum Gasteiger partial charge on any atom is -0.465 e. The number of hydrogen-bond acceptors (Lipinski definition) is 6. The van der Waals surface area contributed by atoms with Gasteiger partial charge in [0, 0.05) is 11.6 Å². The molecule has 35 heavy (non-hydrogen) atoms. The fourth-order valence-electron chi connectivity index (χ4n) is 4.27. The van der Waals surface area contributed by atoms with Crippen LogP contribution < -0.4 is 4.80 Å². The van der Waals surface area contributed by atoms with Crippen LogP contribution in [-0.4, -0.2) is 48.4 Å². The summed E-state index contributed by atoms with van der Waals surface area (Å²) in [5.74, 6) is -0.994. The van der Waals surface area contributed by atoms with E-state index in [1.54, 1.807) is 11.5 Å². The van der Waals surface area contributed by atoms with E-state index in [-0.39, 0.29) is 24.6 Å². The topological polar surface area (TPSA) is 98.0 Å². The Bertz CT molecular complexity index is 1460. The standard InChI is InChI=1S/C24H26ClN3O5S2/c1-4-33-21(29)14-27-20-13-15(2)12-16(3)22(20)34-24(27)26-23(30)19-6-5-11-28(19)35(31,32)18-9-7-17(25)8-10-18/h7-10,12-13,19H,4-6,11,14H2,1-3H3. The van der Waals surface area contributed by atoms with Gasteiger partial charge < -0.3 is 9.30 Å². The van der Waals surface area contributed by atoms with E-state index in [0.717, 1.165) is 21.3 Å². The Morgan fingerprint density at radius 3 is 2.60 bits per heavy atom. The molecule has 0 radical (unpaired) electrons. The van der Waals surface area contributed by atoms with Crippen molar-refractivity contribution < 1.29 is 22.7 Å². The van der Waals surface area contributed by atoms with Crippen molar-refractivity contribution in [2.75, 3.05) is 13.2 Å². The van der Waals surface area contributed by atoms with E-state index >= 15 is 0 Å². The number of carbonyl (C=O) groups is 2. The van der Waals surface area contributed by atoms with Gasteiger partial charge in [0.15, 0.2) is 4.80 Å². The monoisotopic (exact) mass is 535 g/mol. The summed E-state index contributed by atoms with van der Waals surface area (Å²) in [6.45, 7) is 6.02. The number of sulfonamides is 1. The fraction of sp³-hybridized carbons (Fsp3) is 0.375. The van der Waals surface area contributed by atoms with Gasteiger partial charge in [-0.1, -0.05) is 29.0 Å². The summed E-state index contributed by atoms with van der Waals surface area (Å²) in [6.07, 6.45) is 0.919. The highest BCUT2D eigenvalue weighted by atomic mass is 35.5. The summed E-state index contributed by atoms with van der Waals surface area (Å²) >= 11 is 7.20. The third kappa shape index (κ3) is 5.20. The van der Waals surface area contributed by atoms with Crippen molar-refractivity contribution in [1.29, 1.82) is 0 Å². The molecule has 0 spiro atoms. The Kier molecular flexibility index (Phi) is 7.46. The number of esters is 1. The molecule has 1 aliphatic rings. The Hall–Kier alpha value is -2.53. The maximum atomic E-state index is 13.3. The van der Waals surface area contributed by atoms with E-state index in [1.165, 1.54) is 39.9 Å². The second kappa shape index (κ2) is 10.2. The lowest BCUT2D eigenvalue weighted by atomic mass is 10.1. The zero-order chi connectivity index (χ0) is 25.3. The van der Waals surface area contributed by atoms with E-state index in [0.29, 0.717) is 22.7 Å². The molecule has 1 aliphatic heterocycles. The molecule has 1 aromatic heterocycles. The number of rotatable bonds is 6. The van der Waals surface area contributed by atoms with E-state index in [1.807, 2.05) is 26.0 Å². The van der Waals surface area contributed by atoms with Gasteiger partial charge in [-0.05, 0) is 75.1 Å². The van der Waals surface area contributed by atoms with Crippen LogP contribution in [0.5, 0.6) is 0 Å². The van der Waals surface area contributed by atoms with Crippen molar-refractivity contribution in [3.05, 3.63) is 57.3 Å². The summed E-state index contributed by atoms with van der Waals surface area (Å²) in [4.78, 5) is 30.4. The maximum absolute atomic E-state index is 13.3. The molecule has 2 heterocycles. The number of carbonyl (C=O) groups excluding carboxylic acids is 2. The first-order valence-corrected chi connectivity index (χ1v) is 13.9. The quantitative estimate of drug-likeness (QED) is 0.447. The largest absolute Gasteiger partial charge is 0.465 e. The first kappa shape index (κ1) is 25.6. The number of aryl methyl sites for hydroxylation is 2. The van der Waals surface area contributed by atoms with Crippen molar-refractivity contribution in [3.8, 4) is 0 Å². The van der Waals surface area contributed by atoms with Crippen molar-refractivity contribution in [3.63, 3.8) is 0 Å². The molecule has 1 amide bonds. The van der Waals surface area contributed by atoms with Crippen molar-refractivity contribution in [2.24, 2.45) is 4.99 Å². The first-order valence-electron chi connectivity index (χ1n) is 11.2. The molecule has 0 saturated carbocycles. The molecule has 1 saturated heterocycles. The molecular formula is C24H26ClN3O5S2. The van der Waals surface area contributed by atoms with Gasteiger partial charge in [0.2, 0.25) is 10.0 Å². The predicted molar refractivity (Wildman–Crippen MR) is 135 cm³/mol. The van der Waals surface area contributed by atoms with Crippen molar-refractivity contribution >= 4 is 55.1 Å². The molecule has 0 N–H and O–H groups in total. The summed E-state index contributed by atoms with van der Waals surface area (Å²) in [7, 11) is -3.90. The lowest BCUT2D eigenvalue weighted by Gasteiger charge is -2.21. The zero-order valence-corrected chi connectivity index (χ0v) is 22.0. The number of nitrogens with zero attached hydrogens (tertiary/aromatic N) is 3. The molecule has 186 valence electrons. The van der Waals surface area contributed by atoms with Gasteiger partial charge in [0.1, 0.15) is 12.6 Å². The van der Waals surface area contributed by atoms with Crippen LogP contribution in [0.15, 0.2) is 46.3 Å². The van der Waals surface area contributed by atoms with Crippen LogP contribution in [0.1, 0.15) is 30.9 Å². The van der Waals surface area contributed by atoms with Crippen LogP contribution in [0.2, 0.25) is 5.02 Å². The van der Waals surface area contributed by atoms with Gasteiger partial charge >= 0.3 is 5.97 Å². The third-order valence-corrected chi connectivity index (χ3v) is 9.23. The van der Waals surface area contributed by atoms with Gasteiger partial charge in [-0.15, -0.1) is 0 Å². The Morgan fingerprint density at radius 2 is 1.91 bits per heavy atom. The summed E-state index contributed by atoms with van der Waals surface area (Å²) < 4.78 is 35.4. The van der Waals surface area contributed by atoms with Crippen LogP contribution in [0, 0.1) is 13.8 Å². The van der Waals surface area contributed by atoms with Gasteiger partial charge in [0.25, 0.3) is 5.91 Å². The molecule has 1 fully saturated rings. The molecule has 11 heteroatoms. The van der Waals surface area contributed by atoms with Crippen molar-refractivity contribution in [2.45, 2.75) is 51.1 Å². The first-order chi connectivity index (χ1) is 16.6. The van der Waals surface area contributed by atoms with E-state index in [2.05, 4.69) is 4.99 Å². The van der Waals surface area contributed by atoms with Gasteiger partial charge in [-0.25, -0.2) is 8.42 Å². The highest BCUT2D eigenvalue weighted by Gasteiger charge is 2.39. The number of halogens is 1. The normalized spacial score (nSPS) is 17.3. The average Bonchev–Trinajstić information content (AvgIpc) is 3.41. The number of thiazole rings is 1. The SMILES string of the molecule is CCOC(=O)Cn1c(=NC(=O)C2CCCN2S(=O)(=O)c2ccc(Cl)cc2)sc2c(C)cc(C)cc21. The zero-order valence-electron chi connectivity index (χ0n) is 19.7. The molecular weight excluding hydrogens is 510 g/mol. The highest BCUT2D eigenvalue weighted by molar-refractivity contribution is 7.89. The van der Waals surface area contributed by atoms with Gasteiger partial charge in [-0.3, -0.25) is 9.59 Å². The Labute approximate surface area is 212 Å². The third-order valence-electron chi connectivity index (χ3n) is 5.82. The van der Waals surface area contributed by atoms with Crippen LogP contribution in [0.25, 0.3) is 10.2 Å². The average molecular weight is 536 g/mol. The van der Waals surface area contributed by atoms with Crippen LogP contribution in [0.4, 0.5) is 0 Å². The Balaban J connectivity index is 1.75. The number of ether oxygens (including phenoxy) is 1. The molecule has 2 aromatic carbocycles. The lowest BCUT2D eigenvalue weighted by Crippen LogP contribution is -2.40. The second-order valence-corrected chi connectivity index (χ2v) is 11.7. The van der Waals surface area contributed by atoms with Crippen LogP contribution >= 0.6 is 22.9 Å². The molecule has 4 rings (SSSR count). The minimum absolute atomic E-state index is 0.0759. The molecule has 0 bridgehead atoms. The number of fused-ring (bicyclic) bond motifs is 1. The minimum atomic E-state index is -3.90. The molecule has 3 aromatic rings. The second-order valence-electron chi connectivity index (χ2n) is 8.38. The van der Waals surface area contributed by atoms with Crippen molar-refractivity contribution in [1.82, 2.24) is 8.87 Å². The fourth-order valence-corrected chi connectivity index (χ4v) is 7.13. The Morgan fingerprint density at radius 1 is 1.20 bits per heavy atom. The van der Waals surface area contributed by atoms with E-state index < -0.39 is 27.9 Å². The summed E-state index contributed by atoms with van der Waals surface area (Å²) in [5, 5.41) is 0.425. The number of benzene rings is 2. The maximum Gasteiger partial charge on any atom is 0.326 e. The molecule has 1 atom stereocenters. The molecule has 1 unspecified atom stereocenters. The van der Waals surface area contributed by atoms with Crippen LogP contribution in [0.3, 0.4) is 0 Å². The number of hydrogen-bond donors (Lipinski definition) is 0. The highest BCUT2D eigenvalue weighted by Crippen LogP contribution is 2.28. The van der Waals surface area contributed by atoms with Gasteiger partial charge in [0.05, 0.1) is 21.7 Å². The van der Waals surface area contributed by atoms with Gasteiger partial charge in [-0.2, -0.15) is 9.30 Å². The predicted octanol–water partition coefficient (Wildman–Crippen LogP) is 3.82. The smallest absolute Gasteiger partial charge is 0.326 e. The molecule has 0 aliphatic carbocycles. The summed E-state index contributed by atoms with van der Waals surface area (Å²) in [6, 6.07) is 8.92.